The summed E-state index contributed by atoms with van der Waals surface area (Å²) < 4.78 is 15.6. The Hall–Kier alpha value is -3.22. The van der Waals surface area contributed by atoms with Gasteiger partial charge < -0.3 is 24.8 Å². The fourth-order valence-corrected chi connectivity index (χ4v) is 2.48. The lowest BCUT2D eigenvalue weighted by Gasteiger charge is -2.10. The molecule has 0 heterocycles. The van der Waals surface area contributed by atoms with Gasteiger partial charge in [0.2, 0.25) is 0 Å². The fourth-order valence-electron chi connectivity index (χ4n) is 2.48. The van der Waals surface area contributed by atoms with Gasteiger partial charge in [0.15, 0.2) is 11.5 Å². The van der Waals surface area contributed by atoms with Gasteiger partial charge in [0.1, 0.15) is 5.75 Å². The zero-order valence-electron chi connectivity index (χ0n) is 15.7. The van der Waals surface area contributed by atoms with Crippen LogP contribution in [0.1, 0.15) is 11.1 Å². The number of amides is 2. The van der Waals surface area contributed by atoms with Crippen molar-refractivity contribution >= 4 is 11.8 Å². The number of benzene rings is 2. The summed E-state index contributed by atoms with van der Waals surface area (Å²) in [6.07, 6.45) is 0.565. The van der Waals surface area contributed by atoms with Crippen molar-refractivity contribution in [3.05, 3.63) is 53.6 Å². The van der Waals surface area contributed by atoms with Gasteiger partial charge in [-0.3, -0.25) is 9.59 Å². The van der Waals surface area contributed by atoms with Crippen molar-refractivity contribution in [3.8, 4) is 17.2 Å². The van der Waals surface area contributed by atoms with Gasteiger partial charge in [-0.1, -0.05) is 18.2 Å². The summed E-state index contributed by atoms with van der Waals surface area (Å²) in [5.41, 5.74) is 1.81. The maximum Gasteiger partial charge on any atom is 0.309 e. The van der Waals surface area contributed by atoms with Gasteiger partial charge in [0.25, 0.3) is 0 Å². The Labute approximate surface area is 158 Å². The highest BCUT2D eigenvalue weighted by Crippen LogP contribution is 2.27. The van der Waals surface area contributed by atoms with Crippen LogP contribution in [-0.2, 0) is 22.6 Å². The van der Waals surface area contributed by atoms with Gasteiger partial charge >= 0.3 is 11.8 Å². The summed E-state index contributed by atoms with van der Waals surface area (Å²) in [5, 5.41) is 5.20. The van der Waals surface area contributed by atoms with Crippen molar-refractivity contribution in [1.82, 2.24) is 10.6 Å². The second-order valence-electron chi connectivity index (χ2n) is 5.73. The monoisotopic (exact) mass is 372 g/mol. The highest BCUT2D eigenvalue weighted by atomic mass is 16.5. The molecule has 0 saturated carbocycles. The van der Waals surface area contributed by atoms with Crippen LogP contribution in [0.15, 0.2) is 42.5 Å². The normalized spacial score (nSPS) is 10.0. The first-order chi connectivity index (χ1) is 13.1. The molecule has 7 heteroatoms. The van der Waals surface area contributed by atoms with Crippen LogP contribution in [0.2, 0.25) is 0 Å². The molecule has 0 unspecified atom stereocenters. The average molecular weight is 372 g/mol. The number of rotatable bonds is 8. The summed E-state index contributed by atoms with van der Waals surface area (Å²) in [6.45, 7) is 0.583. The topological polar surface area (TPSA) is 85.9 Å². The molecule has 0 aromatic heterocycles. The lowest BCUT2D eigenvalue weighted by Crippen LogP contribution is -2.40. The number of hydrogen-bond acceptors (Lipinski definition) is 5. The maximum atomic E-state index is 11.9. The van der Waals surface area contributed by atoms with Crippen LogP contribution in [0, 0.1) is 0 Å². The molecule has 27 heavy (non-hydrogen) atoms. The third kappa shape index (κ3) is 5.91. The molecule has 0 saturated heterocycles. The van der Waals surface area contributed by atoms with Gasteiger partial charge in [0, 0.05) is 13.1 Å². The fraction of sp³-hybridized carbons (Fsp3) is 0.300. The van der Waals surface area contributed by atoms with Crippen molar-refractivity contribution in [2.24, 2.45) is 0 Å². The van der Waals surface area contributed by atoms with Crippen LogP contribution >= 0.6 is 0 Å². The van der Waals surface area contributed by atoms with E-state index < -0.39 is 11.8 Å². The summed E-state index contributed by atoms with van der Waals surface area (Å²) >= 11 is 0. The molecule has 2 aromatic carbocycles. The van der Waals surface area contributed by atoms with Gasteiger partial charge in [0.05, 0.1) is 21.3 Å². The van der Waals surface area contributed by atoms with E-state index in [9.17, 15) is 9.59 Å². The molecule has 2 rings (SSSR count). The minimum Gasteiger partial charge on any atom is -0.497 e. The molecule has 0 aliphatic rings. The lowest BCUT2D eigenvalue weighted by molar-refractivity contribution is -0.139. The molecule has 144 valence electrons. The third-order valence-electron chi connectivity index (χ3n) is 3.94. The van der Waals surface area contributed by atoms with Crippen molar-refractivity contribution < 1.29 is 23.8 Å². The highest BCUT2D eigenvalue weighted by Gasteiger charge is 2.13. The first-order valence-electron chi connectivity index (χ1n) is 8.47. The molecular weight excluding hydrogens is 348 g/mol. The summed E-state index contributed by atoms with van der Waals surface area (Å²) in [5.74, 6) is 0.615. The Morgan fingerprint density at radius 2 is 1.56 bits per heavy atom. The molecule has 0 atom stereocenters. The van der Waals surface area contributed by atoms with E-state index in [0.29, 0.717) is 30.2 Å². The smallest absolute Gasteiger partial charge is 0.309 e. The zero-order chi connectivity index (χ0) is 19.6. The number of ether oxygens (including phenoxy) is 3. The van der Waals surface area contributed by atoms with Crippen LogP contribution in [0.25, 0.3) is 0 Å². The minimum absolute atomic E-state index is 0.249. The number of hydrogen-bond donors (Lipinski definition) is 2. The number of carbonyl (C=O) groups excluding carboxylic acids is 2. The van der Waals surface area contributed by atoms with Crippen LogP contribution in [-0.4, -0.2) is 39.7 Å². The van der Waals surface area contributed by atoms with E-state index in [1.54, 1.807) is 33.5 Å². The lowest BCUT2D eigenvalue weighted by atomic mass is 10.1. The van der Waals surface area contributed by atoms with E-state index in [2.05, 4.69) is 10.6 Å². The summed E-state index contributed by atoms with van der Waals surface area (Å²) in [7, 11) is 4.71. The van der Waals surface area contributed by atoms with Gasteiger partial charge in [-0.2, -0.15) is 0 Å². The Kier molecular flexibility index (Phi) is 7.49. The van der Waals surface area contributed by atoms with E-state index in [0.717, 1.165) is 11.1 Å². The number of methoxy groups -OCH3 is 3. The second kappa shape index (κ2) is 10.1. The third-order valence-corrected chi connectivity index (χ3v) is 3.94. The van der Waals surface area contributed by atoms with E-state index in [1.807, 2.05) is 30.3 Å². The van der Waals surface area contributed by atoms with Crippen molar-refractivity contribution in [2.45, 2.75) is 13.0 Å². The molecule has 0 aliphatic heterocycles. The van der Waals surface area contributed by atoms with E-state index in [1.165, 1.54) is 0 Å². The minimum atomic E-state index is -0.676. The Morgan fingerprint density at radius 3 is 2.26 bits per heavy atom. The van der Waals surface area contributed by atoms with Crippen LogP contribution in [0.4, 0.5) is 0 Å². The van der Waals surface area contributed by atoms with Gasteiger partial charge in [-0.15, -0.1) is 0 Å². The van der Waals surface area contributed by atoms with E-state index >= 15 is 0 Å². The van der Waals surface area contributed by atoms with E-state index in [-0.39, 0.29) is 6.54 Å². The number of carbonyl (C=O) groups is 2. The number of nitrogens with one attached hydrogen (secondary N) is 2. The van der Waals surface area contributed by atoms with Crippen molar-refractivity contribution in [1.29, 1.82) is 0 Å². The van der Waals surface area contributed by atoms with Gasteiger partial charge in [-0.25, -0.2) is 0 Å². The van der Waals surface area contributed by atoms with E-state index in [4.69, 9.17) is 14.2 Å². The largest absolute Gasteiger partial charge is 0.497 e. The standard InChI is InChI=1S/C20H24N2O5/c1-25-16-6-4-5-15(11-16)13-22-20(24)19(23)21-10-9-14-7-8-17(26-2)18(12-14)27-3/h4-8,11-12H,9-10,13H2,1-3H3,(H,21,23)(H,22,24). The molecule has 2 N–H and O–H groups in total. The molecule has 0 spiro atoms. The summed E-state index contributed by atoms with van der Waals surface area (Å²) in [6, 6.07) is 12.8. The van der Waals surface area contributed by atoms with Crippen LogP contribution < -0.4 is 24.8 Å². The SMILES string of the molecule is COc1cccc(CNC(=O)C(=O)NCCc2ccc(OC)c(OC)c2)c1. The van der Waals surface area contributed by atoms with Crippen molar-refractivity contribution in [2.75, 3.05) is 27.9 Å². The van der Waals surface area contributed by atoms with Crippen LogP contribution in [0.3, 0.4) is 0 Å². The first-order valence-corrected chi connectivity index (χ1v) is 8.47. The average Bonchev–Trinajstić information content (AvgIpc) is 2.71. The van der Waals surface area contributed by atoms with Gasteiger partial charge in [-0.05, 0) is 41.8 Å². The Morgan fingerprint density at radius 1 is 0.815 bits per heavy atom. The quantitative estimate of drug-likeness (QED) is 0.689. The Balaban J connectivity index is 1.78. The molecule has 0 bridgehead atoms. The molecule has 2 amide bonds. The predicted molar refractivity (Wildman–Crippen MR) is 101 cm³/mol. The maximum absolute atomic E-state index is 11.9. The molecule has 7 nitrogen and oxygen atoms in total. The summed E-state index contributed by atoms with van der Waals surface area (Å²) in [4.78, 5) is 23.8. The molecule has 0 fully saturated rings. The molecule has 2 aromatic rings. The van der Waals surface area contributed by atoms with Crippen molar-refractivity contribution in [3.63, 3.8) is 0 Å². The highest BCUT2D eigenvalue weighted by molar-refractivity contribution is 6.35. The predicted octanol–water partition coefficient (Wildman–Crippen LogP) is 1.69. The zero-order valence-corrected chi connectivity index (χ0v) is 15.7. The second-order valence-corrected chi connectivity index (χ2v) is 5.73. The molecule has 0 aliphatic carbocycles. The van der Waals surface area contributed by atoms with Crippen LogP contribution in [0.5, 0.6) is 17.2 Å². The molecule has 0 radical (unpaired) electrons. The first kappa shape index (κ1) is 20.1. The molecular formula is C20H24N2O5. The Bertz CT molecular complexity index is 792.